The summed E-state index contributed by atoms with van der Waals surface area (Å²) in [7, 11) is 0. The largest absolute Gasteiger partial charge is 0.294 e. The molecule has 2 aromatic rings. The van der Waals surface area contributed by atoms with Crippen molar-refractivity contribution < 1.29 is 4.79 Å². The van der Waals surface area contributed by atoms with E-state index >= 15 is 0 Å². The highest BCUT2D eigenvalue weighted by molar-refractivity contribution is 5.96. The molecule has 0 saturated carbocycles. The summed E-state index contributed by atoms with van der Waals surface area (Å²) < 4.78 is 0. The maximum Gasteiger partial charge on any atom is 0.163 e. The van der Waals surface area contributed by atoms with Crippen molar-refractivity contribution in [2.24, 2.45) is 0 Å². The molecule has 0 aliphatic carbocycles. The maximum atomic E-state index is 12.0. The Balaban J connectivity index is 1.86. The van der Waals surface area contributed by atoms with E-state index in [2.05, 4.69) is 17.1 Å². The van der Waals surface area contributed by atoms with Crippen molar-refractivity contribution >= 4 is 5.78 Å². The van der Waals surface area contributed by atoms with Gasteiger partial charge in [0.05, 0.1) is 0 Å². The lowest BCUT2D eigenvalue weighted by atomic mass is 10.0. The predicted molar refractivity (Wildman–Crippen MR) is 72.7 cm³/mol. The number of hydrogen-bond acceptors (Lipinski definition) is 2. The number of pyridine rings is 1. The maximum absolute atomic E-state index is 12.0. The Hall–Kier alpha value is -1.96. The van der Waals surface area contributed by atoms with Crippen LogP contribution in [0.25, 0.3) is 0 Å². The highest BCUT2D eigenvalue weighted by Crippen LogP contribution is 2.09. The lowest BCUT2D eigenvalue weighted by molar-refractivity contribution is 0.0980. The van der Waals surface area contributed by atoms with Gasteiger partial charge in [-0.05, 0) is 37.5 Å². The fourth-order valence-corrected chi connectivity index (χ4v) is 1.96. The van der Waals surface area contributed by atoms with Gasteiger partial charge in [-0.1, -0.05) is 30.3 Å². The number of benzene rings is 1. The van der Waals surface area contributed by atoms with Gasteiger partial charge in [-0.2, -0.15) is 0 Å². The molecule has 18 heavy (non-hydrogen) atoms. The van der Waals surface area contributed by atoms with Crippen LogP contribution in [0, 0.1) is 6.92 Å². The molecule has 2 heteroatoms. The average molecular weight is 239 g/mol. The molecule has 2 nitrogen and oxygen atoms in total. The number of aryl methyl sites for hydroxylation is 2. The van der Waals surface area contributed by atoms with Crippen molar-refractivity contribution in [2.45, 2.75) is 26.2 Å². The van der Waals surface area contributed by atoms with Gasteiger partial charge >= 0.3 is 0 Å². The number of Topliss-reactive ketones (excluding diaryl/α,β-unsaturated/α-hetero) is 1. The van der Waals surface area contributed by atoms with E-state index in [1.807, 2.05) is 31.2 Å². The van der Waals surface area contributed by atoms with E-state index in [1.165, 1.54) is 5.56 Å². The van der Waals surface area contributed by atoms with Crippen molar-refractivity contribution in [2.75, 3.05) is 0 Å². The molecule has 0 N–H and O–H groups in total. The molecular weight excluding hydrogens is 222 g/mol. The first kappa shape index (κ1) is 12.5. The molecule has 0 atom stereocenters. The second-order valence-electron chi connectivity index (χ2n) is 4.45. The zero-order valence-electron chi connectivity index (χ0n) is 10.6. The molecule has 2 rings (SSSR count). The summed E-state index contributed by atoms with van der Waals surface area (Å²) in [4.78, 5) is 16.1. The minimum absolute atomic E-state index is 0.205. The van der Waals surface area contributed by atoms with E-state index in [9.17, 15) is 4.79 Å². The fraction of sp³-hybridized carbons (Fsp3) is 0.250. The van der Waals surface area contributed by atoms with E-state index in [-0.39, 0.29) is 5.78 Å². The molecule has 0 radical (unpaired) electrons. The number of carbonyl (C=O) groups is 1. The van der Waals surface area contributed by atoms with Crippen LogP contribution in [-0.2, 0) is 6.42 Å². The Labute approximate surface area is 108 Å². The first-order valence-corrected chi connectivity index (χ1v) is 6.25. The van der Waals surface area contributed by atoms with E-state index in [0.717, 1.165) is 24.1 Å². The first-order valence-electron chi connectivity index (χ1n) is 6.25. The molecule has 0 saturated heterocycles. The Morgan fingerprint density at radius 1 is 1.17 bits per heavy atom. The summed E-state index contributed by atoms with van der Waals surface area (Å²) in [5, 5.41) is 0. The smallest absolute Gasteiger partial charge is 0.163 e. The van der Waals surface area contributed by atoms with Crippen LogP contribution < -0.4 is 0 Å². The highest BCUT2D eigenvalue weighted by Gasteiger charge is 2.05. The fourth-order valence-electron chi connectivity index (χ4n) is 1.96. The number of aromatic nitrogens is 1. The minimum Gasteiger partial charge on any atom is -0.294 e. The van der Waals surface area contributed by atoms with Crippen molar-refractivity contribution in [1.29, 1.82) is 0 Å². The molecular formula is C16H17NO. The molecule has 1 aromatic heterocycles. The van der Waals surface area contributed by atoms with Crippen molar-refractivity contribution in [1.82, 2.24) is 4.98 Å². The molecule has 0 aliphatic rings. The number of nitrogens with zero attached hydrogens (tertiary/aromatic N) is 1. The summed E-state index contributed by atoms with van der Waals surface area (Å²) in [6, 6.07) is 13.9. The Bertz CT molecular complexity index is 520. The lowest BCUT2D eigenvalue weighted by Gasteiger charge is -2.02. The SMILES string of the molecule is Cc1cc(C(=O)CCCc2ccccc2)ccn1. The Kier molecular flexibility index (Phi) is 4.24. The van der Waals surface area contributed by atoms with Crippen LogP contribution in [0.4, 0.5) is 0 Å². The Morgan fingerprint density at radius 2 is 1.94 bits per heavy atom. The lowest BCUT2D eigenvalue weighted by Crippen LogP contribution is -2.01. The zero-order chi connectivity index (χ0) is 12.8. The normalized spacial score (nSPS) is 10.3. The van der Waals surface area contributed by atoms with Crippen LogP contribution in [0.5, 0.6) is 0 Å². The van der Waals surface area contributed by atoms with E-state index < -0.39 is 0 Å². The van der Waals surface area contributed by atoms with Gasteiger partial charge in [0, 0.05) is 23.9 Å². The first-order chi connectivity index (χ1) is 8.75. The second-order valence-corrected chi connectivity index (χ2v) is 4.45. The summed E-state index contributed by atoms with van der Waals surface area (Å²) in [5.74, 6) is 0.205. The number of rotatable bonds is 5. The number of carbonyl (C=O) groups excluding carboxylic acids is 1. The second kappa shape index (κ2) is 6.10. The molecule has 0 bridgehead atoms. The zero-order valence-corrected chi connectivity index (χ0v) is 10.6. The van der Waals surface area contributed by atoms with E-state index in [1.54, 1.807) is 12.3 Å². The summed E-state index contributed by atoms with van der Waals surface area (Å²) in [6.07, 6.45) is 4.14. The third kappa shape index (κ3) is 3.52. The minimum atomic E-state index is 0.205. The van der Waals surface area contributed by atoms with Crippen LogP contribution in [0.1, 0.15) is 34.5 Å². The van der Waals surface area contributed by atoms with Gasteiger partial charge in [-0.25, -0.2) is 0 Å². The monoisotopic (exact) mass is 239 g/mol. The topological polar surface area (TPSA) is 30.0 Å². The van der Waals surface area contributed by atoms with Crippen LogP contribution in [0.3, 0.4) is 0 Å². The Morgan fingerprint density at radius 3 is 2.67 bits per heavy atom. The van der Waals surface area contributed by atoms with Crippen LogP contribution in [0.2, 0.25) is 0 Å². The van der Waals surface area contributed by atoms with Crippen molar-refractivity contribution in [3.63, 3.8) is 0 Å². The van der Waals surface area contributed by atoms with Gasteiger partial charge in [-0.3, -0.25) is 9.78 Å². The van der Waals surface area contributed by atoms with Crippen LogP contribution in [-0.4, -0.2) is 10.8 Å². The van der Waals surface area contributed by atoms with Crippen molar-refractivity contribution in [3.05, 3.63) is 65.5 Å². The molecule has 92 valence electrons. The molecule has 0 spiro atoms. The number of ketones is 1. The van der Waals surface area contributed by atoms with Gasteiger partial charge < -0.3 is 0 Å². The van der Waals surface area contributed by atoms with Gasteiger partial charge in [0.1, 0.15) is 0 Å². The summed E-state index contributed by atoms with van der Waals surface area (Å²) in [6.45, 7) is 1.90. The molecule has 0 amide bonds. The van der Waals surface area contributed by atoms with E-state index in [0.29, 0.717) is 6.42 Å². The molecule has 0 aliphatic heterocycles. The summed E-state index contributed by atoms with van der Waals surface area (Å²) >= 11 is 0. The molecule has 0 unspecified atom stereocenters. The quantitative estimate of drug-likeness (QED) is 0.746. The number of hydrogen-bond donors (Lipinski definition) is 0. The third-order valence-corrected chi connectivity index (χ3v) is 2.93. The van der Waals surface area contributed by atoms with Gasteiger partial charge in [-0.15, -0.1) is 0 Å². The van der Waals surface area contributed by atoms with Crippen LogP contribution >= 0.6 is 0 Å². The van der Waals surface area contributed by atoms with Crippen molar-refractivity contribution in [3.8, 4) is 0 Å². The average Bonchev–Trinajstić information content (AvgIpc) is 2.40. The van der Waals surface area contributed by atoms with Gasteiger partial charge in [0.15, 0.2) is 5.78 Å². The van der Waals surface area contributed by atoms with Crippen LogP contribution in [0.15, 0.2) is 48.7 Å². The molecule has 1 heterocycles. The van der Waals surface area contributed by atoms with Gasteiger partial charge in [0.25, 0.3) is 0 Å². The summed E-state index contributed by atoms with van der Waals surface area (Å²) in [5.41, 5.74) is 2.95. The molecule has 0 fully saturated rings. The van der Waals surface area contributed by atoms with E-state index in [4.69, 9.17) is 0 Å². The highest BCUT2D eigenvalue weighted by atomic mass is 16.1. The predicted octanol–water partition coefficient (Wildman–Crippen LogP) is 3.60. The van der Waals surface area contributed by atoms with Gasteiger partial charge in [0.2, 0.25) is 0 Å². The standard InChI is InChI=1S/C16H17NO/c1-13-12-15(10-11-17-13)16(18)9-5-8-14-6-3-2-4-7-14/h2-4,6-7,10-12H,5,8-9H2,1H3. The molecule has 1 aromatic carbocycles. The third-order valence-electron chi connectivity index (χ3n) is 2.93.